The number of nitrogens with two attached hydrogens (primary N) is 1. The summed E-state index contributed by atoms with van der Waals surface area (Å²) in [4.78, 5) is 0. The van der Waals surface area contributed by atoms with E-state index in [0.29, 0.717) is 11.4 Å². The molecular formula is C13H19FN2O. The average molecular weight is 238 g/mol. The van der Waals surface area contributed by atoms with E-state index in [1.54, 1.807) is 6.07 Å². The second-order valence-corrected chi connectivity index (χ2v) is 4.86. The van der Waals surface area contributed by atoms with Crippen LogP contribution in [-0.2, 0) is 0 Å². The minimum atomic E-state index is -0.338. The fourth-order valence-electron chi connectivity index (χ4n) is 2.48. The Hall–Kier alpha value is -1.29. The summed E-state index contributed by atoms with van der Waals surface area (Å²) in [5, 5.41) is 12.9. The van der Waals surface area contributed by atoms with E-state index in [9.17, 15) is 9.50 Å². The van der Waals surface area contributed by atoms with Gasteiger partial charge in [0.05, 0.1) is 23.5 Å². The molecule has 1 aromatic rings. The second-order valence-electron chi connectivity index (χ2n) is 4.86. The van der Waals surface area contributed by atoms with Crippen molar-refractivity contribution in [1.29, 1.82) is 0 Å². The summed E-state index contributed by atoms with van der Waals surface area (Å²) in [6, 6.07) is 4.32. The van der Waals surface area contributed by atoms with E-state index in [-0.39, 0.29) is 18.0 Å². The molecule has 0 amide bonds. The molecule has 2 rings (SSSR count). The van der Waals surface area contributed by atoms with Crippen LogP contribution in [0.4, 0.5) is 15.8 Å². The number of halogens is 1. The zero-order valence-corrected chi connectivity index (χ0v) is 9.88. The standard InChI is InChI=1S/C13H19FN2O/c14-10-4-5-12(11(15)8-10)16-13(9-17)6-2-1-3-7-13/h4-5,8,16-17H,1-3,6-7,9,15H2. The topological polar surface area (TPSA) is 58.3 Å². The number of benzene rings is 1. The molecule has 0 unspecified atom stereocenters. The Morgan fingerprint density at radius 3 is 2.59 bits per heavy atom. The number of hydrogen-bond acceptors (Lipinski definition) is 3. The van der Waals surface area contributed by atoms with Gasteiger partial charge in [-0.2, -0.15) is 0 Å². The molecule has 0 aromatic heterocycles. The number of aliphatic hydroxyl groups excluding tert-OH is 1. The Bertz CT molecular complexity index is 389. The van der Waals surface area contributed by atoms with Crippen LogP contribution in [0, 0.1) is 5.82 Å². The van der Waals surface area contributed by atoms with E-state index < -0.39 is 0 Å². The number of aliphatic hydroxyl groups is 1. The van der Waals surface area contributed by atoms with Crippen molar-refractivity contribution in [1.82, 2.24) is 0 Å². The first-order valence-electron chi connectivity index (χ1n) is 6.09. The third kappa shape index (κ3) is 2.69. The molecule has 1 saturated carbocycles. The van der Waals surface area contributed by atoms with Gasteiger partial charge in [-0.15, -0.1) is 0 Å². The summed E-state index contributed by atoms with van der Waals surface area (Å²) in [6.07, 6.45) is 5.28. The van der Waals surface area contributed by atoms with Crippen molar-refractivity contribution in [2.75, 3.05) is 17.7 Å². The predicted octanol–water partition coefficient (Wildman–Crippen LogP) is 2.52. The van der Waals surface area contributed by atoms with Crippen LogP contribution in [0.5, 0.6) is 0 Å². The molecular weight excluding hydrogens is 219 g/mol. The molecule has 1 aromatic carbocycles. The van der Waals surface area contributed by atoms with Crippen molar-refractivity contribution in [2.24, 2.45) is 0 Å². The lowest BCUT2D eigenvalue weighted by Crippen LogP contribution is -2.44. The van der Waals surface area contributed by atoms with Gasteiger partial charge in [0.2, 0.25) is 0 Å². The van der Waals surface area contributed by atoms with Crippen LogP contribution >= 0.6 is 0 Å². The maximum absolute atomic E-state index is 12.9. The second kappa shape index (κ2) is 4.92. The van der Waals surface area contributed by atoms with Gasteiger partial charge < -0.3 is 16.2 Å². The van der Waals surface area contributed by atoms with E-state index in [2.05, 4.69) is 5.32 Å². The highest BCUT2D eigenvalue weighted by molar-refractivity contribution is 5.67. The van der Waals surface area contributed by atoms with Gasteiger partial charge in [0.25, 0.3) is 0 Å². The normalized spacial score (nSPS) is 18.9. The highest BCUT2D eigenvalue weighted by Gasteiger charge is 2.31. The smallest absolute Gasteiger partial charge is 0.125 e. The van der Waals surface area contributed by atoms with Crippen LogP contribution in [0.1, 0.15) is 32.1 Å². The minimum Gasteiger partial charge on any atom is -0.397 e. The van der Waals surface area contributed by atoms with Crippen LogP contribution in [0.2, 0.25) is 0 Å². The van der Waals surface area contributed by atoms with Crippen molar-refractivity contribution in [3.05, 3.63) is 24.0 Å². The van der Waals surface area contributed by atoms with Crippen molar-refractivity contribution in [2.45, 2.75) is 37.6 Å². The lowest BCUT2D eigenvalue weighted by Gasteiger charge is -2.37. The molecule has 0 atom stereocenters. The molecule has 1 aliphatic carbocycles. The SMILES string of the molecule is Nc1cc(F)ccc1NC1(CO)CCCCC1. The predicted molar refractivity (Wildman–Crippen MR) is 67.3 cm³/mol. The molecule has 3 nitrogen and oxygen atoms in total. The molecule has 1 aliphatic rings. The molecule has 0 saturated heterocycles. The zero-order chi connectivity index (χ0) is 12.3. The first kappa shape index (κ1) is 12.2. The molecule has 0 bridgehead atoms. The van der Waals surface area contributed by atoms with E-state index in [1.807, 2.05) is 0 Å². The Morgan fingerprint density at radius 2 is 2.00 bits per heavy atom. The third-order valence-electron chi connectivity index (χ3n) is 3.53. The molecule has 0 spiro atoms. The van der Waals surface area contributed by atoms with E-state index in [0.717, 1.165) is 25.7 Å². The molecule has 94 valence electrons. The Balaban J connectivity index is 2.17. The van der Waals surface area contributed by atoms with Crippen LogP contribution in [0.25, 0.3) is 0 Å². The van der Waals surface area contributed by atoms with Crippen molar-refractivity contribution in [3.8, 4) is 0 Å². The molecule has 0 aliphatic heterocycles. The fraction of sp³-hybridized carbons (Fsp3) is 0.538. The lowest BCUT2D eigenvalue weighted by atomic mass is 9.82. The number of rotatable bonds is 3. The average Bonchev–Trinajstić information content (AvgIpc) is 2.34. The van der Waals surface area contributed by atoms with Crippen LogP contribution in [-0.4, -0.2) is 17.3 Å². The zero-order valence-electron chi connectivity index (χ0n) is 9.88. The minimum absolute atomic E-state index is 0.0871. The largest absolute Gasteiger partial charge is 0.397 e. The number of hydrogen-bond donors (Lipinski definition) is 3. The number of nitrogens with one attached hydrogen (secondary N) is 1. The van der Waals surface area contributed by atoms with Gasteiger partial charge in [-0.1, -0.05) is 19.3 Å². The van der Waals surface area contributed by atoms with Crippen molar-refractivity contribution < 1.29 is 9.50 Å². The molecule has 17 heavy (non-hydrogen) atoms. The molecule has 4 heteroatoms. The fourth-order valence-corrected chi connectivity index (χ4v) is 2.48. The van der Waals surface area contributed by atoms with E-state index >= 15 is 0 Å². The quantitative estimate of drug-likeness (QED) is 0.709. The summed E-state index contributed by atoms with van der Waals surface area (Å²) in [6.45, 7) is 0.0871. The van der Waals surface area contributed by atoms with Crippen molar-refractivity contribution in [3.63, 3.8) is 0 Å². The Labute approximate surface area is 101 Å². The van der Waals surface area contributed by atoms with E-state index in [4.69, 9.17) is 5.73 Å². The Morgan fingerprint density at radius 1 is 1.29 bits per heavy atom. The van der Waals surface area contributed by atoms with Gasteiger partial charge in [0.15, 0.2) is 0 Å². The molecule has 0 heterocycles. The van der Waals surface area contributed by atoms with E-state index in [1.165, 1.54) is 18.6 Å². The van der Waals surface area contributed by atoms with Crippen molar-refractivity contribution >= 4 is 11.4 Å². The molecule has 4 N–H and O–H groups in total. The lowest BCUT2D eigenvalue weighted by molar-refractivity contribution is 0.173. The first-order valence-corrected chi connectivity index (χ1v) is 6.09. The summed E-state index contributed by atoms with van der Waals surface area (Å²) in [5.74, 6) is -0.338. The summed E-state index contributed by atoms with van der Waals surface area (Å²) in [5.41, 5.74) is 6.58. The van der Waals surface area contributed by atoms with Gasteiger partial charge >= 0.3 is 0 Å². The highest BCUT2D eigenvalue weighted by Crippen LogP contribution is 2.33. The van der Waals surface area contributed by atoms with Crippen LogP contribution < -0.4 is 11.1 Å². The van der Waals surface area contributed by atoms with Crippen LogP contribution in [0.15, 0.2) is 18.2 Å². The van der Waals surface area contributed by atoms with Gasteiger partial charge in [-0.25, -0.2) is 4.39 Å². The molecule has 1 fully saturated rings. The molecule has 0 radical (unpaired) electrons. The van der Waals surface area contributed by atoms with Gasteiger partial charge in [-0.05, 0) is 31.0 Å². The maximum Gasteiger partial charge on any atom is 0.125 e. The highest BCUT2D eigenvalue weighted by atomic mass is 19.1. The monoisotopic (exact) mass is 238 g/mol. The summed E-state index contributed by atoms with van der Waals surface area (Å²) in [7, 11) is 0. The summed E-state index contributed by atoms with van der Waals surface area (Å²) < 4.78 is 12.9. The van der Waals surface area contributed by atoms with Crippen LogP contribution in [0.3, 0.4) is 0 Å². The number of anilines is 2. The van der Waals surface area contributed by atoms with Gasteiger partial charge in [-0.3, -0.25) is 0 Å². The van der Waals surface area contributed by atoms with Gasteiger partial charge in [0, 0.05) is 0 Å². The third-order valence-corrected chi connectivity index (χ3v) is 3.53. The summed E-state index contributed by atoms with van der Waals surface area (Å²) >= 11 is 0. The Kier molecular flexibility index (Phi) is 3.52. The first-order chi connectivity index (χ1) is 8.15. The number of nitrogen functional groups attached to an aromatic ring is 1. The van der Waals surface area contributed by atoms with Gasteiger partial charge in [0.1, 0.15) is 5.82 Å². The maximum atomic E-state index is 12.9.